The topological polar surface area (TPSA) is 98.0 Å². The molecule has 0 saturated heterocycles. The third-order valence-corrected chi connectivity index (χ3v) is 2.22. The highest BCUT2D eigenvalue weighted by Crippen LogP contribution is 2.22. The van der Waals surface area contributed by atoms with Crippen molar-refractivity contribution in [3.05, 3.63) is 34.9 Å². The number of carbonyl (C=O) groups is 1. The normalized spacial score (nSPS) is 14.4. The second kappa shape index (κ2) is 5.17. The smallest absolute Gasteiger partial charge is 0.335 e. The van der Waals surface area contributed by atoms with Crippen molar-refractivity contribution in [2.45, 2.75) is 18.8 Å². The quantitative estimate of drug-likeness (QED) is 0.598. The lowest BCUT2D eigenvalue weighted by atomic mass is 10.0. The maximum Gasteiger partial charge on any atom is 0.335 e. The van der Waals surface area contributed by atoms with E-state index in [0.717, 1.165) is 0 Å². The van der Waals surface area contributed by atoms with Gasteiger partial charge >= 0.3 is 5.97 Å². The van der Waals surface area contributed by atoms with E-state index in [4.69, 9.17) is 15.3 Å². The summed E-state index contributed by atoms with van der Waals surface area (Å²) in [6.07, 6.45) is -4.14. The number of benzene rings is 1. The van der Waals surface area contributed by atoms with Crippen LogP contribution in [-0.2, 0) is 11.4 Å². The Kier molecular flexibility index (Phi) is 4.11. The highest BCUT2D eigenvalue weighted by molar-refractivity contribution is 5.73. The molecule has 1 aromatic carbocycles. The number of carboxylic acid groups (broad SMARTS) is 1. The monoisotopic (exact) mass is 248 g/mol. The number of aliphatic carboxylic acids is 1. The van der Waals surface area contributed by atoms with E-state index in [1.807, 2.05) is 0 Å². The van der Waals surface area contributed by atoms with Gasteiger partial charge in [0, 0.05) is 5.56 Å². The zero-order valence-corrected chi connectivity index (χ0v) is 8.47. The van der Waals surface area contributed by atoms with E-state index >= 15 is 0 Å². The Morgan fingerprint density at radius 2 is 1.71 bits per heavy atom. The molecule has 0 aromatic heterocycles. The van der Waals surface area contributed by atoms with Crippen molar-refractivity contribution >= 4 is 5.97 Å². The molecule has 5 nitrogen and oxygen atoms in total. The molecule has 0 bridgehead atoms. The number of rotatable bonds is 4. The number of aliphatic hydroxyl groups is 3. The average Bonchev–Trinajstić information content (AvgIpc) is 2.26. The molecule has 2 atom stereocenters. The zero-order chi connectivity index (χ0) is 13.2. The summed E-state index contributed by atoms with van der Waals surface area (Å²) in [5, 5.41) is 35.4. The van der Waals surface area contributed by atoms with Crippen molar-refractivity contribution in [1.82, 2.24) is 0 Å². The third-order valence-electron chi connectivity index (χ3n) is 2.22. The summed E-state index contributed by atoms with van der Waals surface area (Å²) in [5.74, 6) is -3.97. The summed E-state index contributed by atoms with van der Waals surface area (Å²) in [5.41, 5.74) is -1.02. The van der Waals surface area contributed by atoms with Crippen LogP contribution in [0.15, 0.2) is 12.1 Å². The van der Waals surface area contributed by atoms with E-state index < -0.39 is 47.5 Å². The predicted octanol–water partition coefficient (Wildman–Crippen LogP) is -0.0640. The Morgan fingerprint density at radius 3 is 2.06 bits per heavy atom. The van der Waals surface area contributed by atoms with Crippen LogP contribution in [0.5, 0.6) is 0 Å². The van der Waals surface area contributed by atoms with Crippen molar-refractivity contribution in [1.29, 1.82) is 0 Å². The minimum Gasteiger partial charge on any atom is -0.479 e. The SMILES string of the molecule is O=C(O)C(O)C(O)c1cc(F)c(CO)c(F)c1. The van der Waals surface area contributed by atoms with Gasteiger partial charge in [-0.25, -0.2) is 13.6 Å². The molecule has 0 fully saturated rings. The van der Waals surface area contributed by atoms with Gasteiger partial charge in [0.25, 0.3) is 0 Å². The first-order valence-corrected chi connectivity index (χ1v) is 4.56. The molecule has 1 aromatic rings. The fourth-order valence-electron chi connectivity index (χ4n) is 1.26. The minimum atomic E-state index is -2.19. The first kappa shape index (κ1) is 13.5. The van der Waals surface area contributed by atoms with Crippen LogP contribution < -0.4 is 0 Å². The third kappa shape index (κ3) is 2.76. The van der Waals surface area contributed by atoms with Gasteiger partial charge in [-0.2, -0.15) is 0 Å². The number of hydrogen-bond acceptors (Lipinski definition) is 4. The predicted molar refractivity (Wildman–Crippen MR) is 50.9 cm³/mol. The molecule has 0 aliphatic rings. The second-order valence-corrected chi connectivity index (χ2v) is 3.35. The Labute approximate surface area is 94.6 Å². The molecule has 2 unspecified atom stereocenters. The van der Waals surface area contributed by atoms with E-state index in [0.29, 0.717) is 12.1 Å². The molecular weight excluding hydrogens is 238 g/mol. The van der Waals surface area contributed by atoms with Crippen molar-refractivity contribution in [2.75, 3.05) is 0 Å². The summed E-state index contributed by atoms with van der Waals surface area (Å²) < 4.78 is 26.4. The van der Waals surface area contributed by atoms with Gasteiger partial charge in [-0.3, -0.25) is 0 Å². The molecule has 0 aliphatic carbocycles. The van der Waals surface area contributed by atoms with E-state index in [9.17, 15) is 18.7 Å². The number of aliphatic hydroxyl groups excluding tert-OH is 3. The number of halogens is 2. The van der Waals surface area contributed by atoms with Crippen LogP contribution in [-0.4, -0.2) is 32.5 Å². The molecule has 94 valence electrons. The molecule has 0 amide bonds. The molecule has 0 spiro atoms. The molecule has 0 saturated carbocycles. The van der Waals surface area contributed by atoms with Crippen LogP contribution in [0.25, 0.3) is 0 Å². The van der Waals surface area contributed by atoms with Crippen molar-refractivity contribution < 1.29 is 34.0 Å². The van der Waals surface area contributed by atoms with Crippen LogP contribution in [0.3, 0.4) is 0 Å². The number of hydrogen-bond donors (Lipinski definition) is 4. The van der Waals surface area contributed by atoms with Crippen LogP contribution in [0.1, 0.15) is 17.2 Å². The van der Waals surface area contributed by atoms with E-state index in [1.165, 1.54) is 0 Å². The highest BCUT2D eigenvalue weighted by atomic mass is 19.1. The second-order valence-electron chi connectivity index (χ2n) is 3.35. The first-order valence-electron chi connectivity index (χ1n) is 4.56. The lowest BCUT2D eigenvalue weighted by Crippen LogP contribution is -2.27. The molecule has 1 rings (SSSR count). The average molecular weight is 248 g/mol. The molecule has 4 N–H and O–H groups in total. The van der Waals surface area contributed by atoms with Gasteiger partial charge < -0.3 is 20.4 Å². The van der Waals surface area contributed by atoms with Gasteiger partial charge in [0.1, 0.15) is 17.7 Å². The van der Waals surface area contributed by atoms with Crippen molar-refractivity contribution in [3.8, 4) is 0 Å². The van der Waals surface area contributed by atoms with Gasteiger partial charge in [0.05, 0.1) is 6.61 Å². The Hall–Kier alpha value is -1.57. The maximum atomic E-state index is 13.2. The lowest BCUT2D eigenvalue weighted by Gasteiger charge is -2.15. The minimum absolute atomic E-state index is 0.424. The van der Waals surface area contributed by atoms with Gasteiger partial charge in [0.15, 0.2) is 6.10 Å². The maximum absolute atomic E-state index is 13.2. The highest BCUT2D eigenvalue weighted by Gasteiger charge is 2.26. The van der Waals surface area contributed by atoms with Gasteiger partial charge in [0.2, 0.25) is 0 Å². The van der Waals surface area contributed by atoms with Crippen LogP contribution in [0, 0.1) is 11.6 Å². The fourth-order valence-corrected chi connectivity index (χ4v) is 1.26. The van der Waals surface area contributed by atoms with Gasteiger partial charge in [-0.05, 0) is 17.7 Å². The van der Waals surface area contributed by atoms with Crippen LogP contribution in [0.4, 0.5) is 8.78 Å². The molecule has 0 heterocycles. The summed E-state index contributed by atoms with van der Waals surface area (Å²) >= 11 is 0. The van der Waals surface area contributed by atoms with Crippen LogP contribution >= 0.6 is 0 Å². The molecule has 7 heteroatoms. The standard InChI is InChI=1S/C10H10F2O5/c11-6-1-4(2-7(12)5(6)3-13)8(14)9(15)10(16)17/h1-2,8-9,13-15H,3H2,(H,16,17). The molecule has 0 aliphatic heterocycles. The fraction of sp³-hybridized carbons (Fsp3) is 0.300. The lowest BCUT2D eigenvalue weighted by molar-refractivity contribution is -0.153. The molecule has 17 heavy (non-hydrogen) atoms. The summed E-state index contributed by atoms with van der Waals surface area (Å²) in [7, 11) is 0. The van der Waals surface area contributed by atoms with Crippen molar-refractivity contribution in [2.24, 2.45) is 0 Å². The van der Waals surface area contributed by atoms with Gasteiger partial charge in [-0.1, -0.05) is 0 Å². The summed E-state index contributed by atoms with van der Waals surface area (Å²) in [6.45, 7) is -0.866. The first-order chi connectivity index (χ1) is 7.88. The zero-order valence-electron chi connectivity index (χ0n) is 8.47. The van der Waals surface area contributed by atoms with Gasteiger partial charge in [-0.15, -0.1) is 0 Å². The van der Waals surface area contributed by atoms with E-state index in [-0.39, 0.29) is 0 Å². The molecule has 0 radical (unpaired) electrons. The van der Waals surface area contributed by atoms with Crippen molar-refractivity contribution in [3.63, 3.8) is 0 Å². The Morgan fingerprint density at radius 1 is 1.24 bits per heavy atom. The largest absolute Gasteiger partial charge is 0.479 e. The van der Waals surface area contributed by atoms with E-state index in [1.54, 1.807) is 0 Å². The van der Waals surface area contributed by atoms with E-state index in [2.05, 4.69) is 0 Å². The number of carboxylic acids is 1. The summed E-state index contributed by atoms with van der Waals surface area (Å²) in [4.78, 5) is 10.4. The Bertz CT molecular complexity index is 412. The summed E-state index contributed by atoms with van der Waals surface area (Å²) in [6, 6.07) is 1.32. The Balaban J connectivity index is 3.12. The van der Waals surface area contributed by atoms with Crippen LogP contribution in [0.2, 0.25) is 0 Å². The molecular formula is C10H10F2O5.